The fraction of sp³-hybridized carbons (Fsp3) is 0.0909. The molecule has 1 aromatic heterocycles. The summed E-state index contributed by atoms with van der Waals surface area (Å²) >= 11 is 0. The number of carbonyl (C=O) groups is 1. The Morgan fingerprint density at radius 3 is 2.94 bits per heavy atom. The van der Waals surface area contributed by atoms with Crippen LogP contribution in [0.15, 0.2) is 30.3 Å². The molecule has 4 nitrogen and oxygen atoms in total. The second-order valence-corrected chi connectivity index (χ2v) is 3.36. The van der Waals surface area contributed by atoms with E-state index in [9.17, 15) is 9.18 Å². The second kappa shape index (κ2) is 4.14. The van der Waals surface area contributed by atoms with E-state index >= 15 is 0 Å². The topological polar surface area (TPSA) is 66.0 Å². The predicted octanol–water partition coefficient (Wildman–Crippen LogP) is 1.84. The number of carboxylic acids is 1. The van der Waals surface area contributed by atoms with Crippen molar-refractivity contribution in [3.8, 4) is 11.3 Å². The SMILES string of the molecule is O=C(O)Cc1cc(-c2cccc(F)c2)n[nH]1. The molecule has 0 unspecified atom stereocenters. The van der Waals surface area contributed by atoms with Crippen LogP contribution in [0.2, 0.25) is 0 Å². The Morgan fingerprint density at radius 1 is 1.44 bits per heavy atom. The molecule has 82 valence electrons. The van der Waals surface area contributed by atoms with E-state index in [0.29, 0.717) is 17.0 Å². The average molecular weight is 220 g/mol. The maximum absolute atomic E-state index is 12.9. The number of rotatable bonds is 3. The molecule has 2 rings (SSSR count). The van der Waals surface area contributed by atoms with Crippen molar-refractivity contribution in [3.05, 3.63) is 41.8 Å². The van der Waals surface area contributed by atoms with Crippen LogP contribution in [0.3, 0.4) is 0 Å². The van der Waals surface area contributed by atoms with E-state index in [1.165, 1.54) is 12.1 Å². The van der Waals surface area contributed by atoms with Gasteiger partial charge in [0.15, 0.2) is 0 Å². The van der Waals surface area contributed by atoms with Crippen LogP contribution in [-0.2, 0) is 11.2 Å². The fourth-order valence-electron chi connectivity index (χ4n) is 1.41. The molecule has 2 aromatic rings. The van der Waals surface area contributed by atoms with Crippen LogP contribution >= 0.6 is 0 Å². The largest absolute Gasteiger partial charge is 0.481 e. The molecule has 0 fully saturated rings. The third-order valence-corrected chi connectivity index (χ3v) is 2.09. The van der Waals surface area contributed by atoms with Gasteiger partial charge in [-0.25, -0.2) is 4.39 Å². The smallest absolute Gasteiger partial charge is 0.309 e. The number of H-pyrrole nitrogens is 1. The Morgan fingerprint density at radius 2 is 2.25 bits per heavy atom. The Hall–Kier alpha value is -2.17. The van der Waals surface area contributed by atoms with Crippen molar-refractivity contribution in [2.75, 3.05) is 0 Å². The highest BCUT2D eigenvalue weighted by Gasteiger charge is 2.07. The molecule has 0 aliphatic rings. The summed E-state index contributed by atoms with van der Waals surface area (Å²) in [6.07, 6.45) is -0.123. The summed E-state index contributed by atoms with van der Waals surface area (Å²) < 4.78 is 12.9. The Bertz CT molecular complexity index is 522. The van der Waals surface area contributed by atoms with Crippen LogP contribution in [0.25, 0.3) is 11.3 Å². The molecule has 5 heteroatoms. The highest BCUT2D eigenvalue weighted by atomic mass is 19.1. The Kier molecular flexibility index (Phi) is 2.68. The van der Waals surface area contributed by atoms with Gasteiger partial charge in [0.25, 0.3) is 0 Å². The van der Waals surface area contributed by atoms with Crippen molar-refractivity contribution in [1.29, 1.82) is 0 Å². The molecule has 0 saturated heterocycles. The van der Waals surface area contributed by atoms with Crippen LogP contribution < -0.4 is 0 Å². The van der Waals surface area contributed by atoms with Gasteiger partial charge in [0.1, 0.15) is 5.82 Å². The zero-order valence-electron chi connectivity index (χ0n) is 8.27. The van der Waals surface area contributed by atoms with Crippen molar-refractivity contribution < 1.29 is 14.3 Å². The third-order valence-electron chi connectivity index (χ3n) is 2.09. The molecule has 0 radical (unpaired) electrons. The Balaban J connectivity index is 2.28. The van der Waals surface area contributed by atoms with Gasteiger partial charge in [0, 0.05) is 11.3 Å². The molecule has 0 atom stereocenters. The van der Waals surface area contributed by atoms with Crippen molar-refractivity contribution in [2.45, 2.75) is 6.42 Å². The molecule has 1 aromatic carbocycles. The van der Waals surface area contributed by atoms with Gasteiger partial charge in [-0.05, 0) is 18.2 Å². The number of nitrogens with one attached hydrogen (secondary N) is 1. The van der Waals surface area contributed by atoms with E-state index in [4.69, 9.17) is 5.11 Å². The van der Waals surface area contributed by atoms with Crippen LogP contribution in [0.4, 0.5) is 4.39 Å². The van der Waals surface area contributed by atoms with Gasteiger partial charge in [0.05, 0.1) is 12.1 Å². The van der Waals surface area contributed by atoms with Crippen molar-refractivity contribution in [3.63, 3.8) is 0 Å². The van der Waals surface area contributed by atoms with E-state index in [0.717, 1.165) is 0 Å². The van der Waals surface area contributed by atoms with Crippen molar-refractivity contribution in [2.24, 2.45) is 0 Å². The maximum Gasteiger partial charge on any atom is 0.309 e. The average Bonchev–Trinajstić information content (AvgIpc) is 2.65. The number of carboxylic acid groups (broad SMARTS) is 1. The predicted molar refractivity (Wildman–Crippen MR) is 55.3 cm³/mol. The van der Waals surface area contributed by atoms with Gasteiger partial charge in [-0.1, -0.05) is 12.1 Å². The summed E-state index contributed by atoms with van der Waals surface area (Å²) in [5, 5.41) is 15.1. The first kappa shape index (κ1) is 10.4. The lowest BCUT2D eigenvalue weighted by molar-refractivity contribution is -0.136. The van der Waals surface area contributed by atoms with Crippen LogP contribution in [0.1, 0.15) is 5.69 Å². The minimum atomic E-state index is -0.936. The summed E-state index contributed by atoms with van der Waals surface area (Å²) in [5.41, 5.74) is 1.65. The zero-order valence-corrected chi connectivity index (χ0v) is 8.27. The van der Waals surface area contributed by atoms with E-state index in [1.807, 2.05) is 0 Å². The third kappa shape index (κ3) is 2.25. The number of hydrogen-bond acceptors (Lipinski definition) is 2. The van der Waals surface area contributed by atoms with Crippen LogP contribution in [-0.4, -0.2) is 21.3 Å². The first-order chi connectivity index (χ1) is 7.65. The lowest BCUT2D eigenvalue weighted by Crippen LogP contribution is -1.99. The molecule has 2 N–H and O–H groups in total. The van der Waals surface area contributed by atoms with Gasteiger partial charge < -0.3 is 5.11 Å². The first-order valence-corrected chi connectivity index (χ1v) is 4.67. The van der Waals surface area contributed by atoms with E-state index in [2.05, 4.69) is 10.2 Å². The van der Waals surface area contributed by atoms with Crippen LogP contribution in [0, 0.1) is 5.82 Å². The van der Waals surface area contributed by atoms with Gasteiger partial charge in [-0.3, -0.25) is 9.89 Å². The van der Waals surface area contributed by atoms with Crippen molar-refractivity contribution in [1.82, 2.24) is 10.2 Å². The van der Waals surface area contributed by atoms with E-state index < -0.39 is 5.97 Å². The molecule has 0 amide bonds. The van der Waals surface area contributed by atoms with E-state index in [1.54, 1.807) is 18.2 Å². The molecule has 0 spiro atoms. The normalized spacial score (nSPS) is 10.3. The highest BCUT2D eigenvalue weighted by Crippen LogP contribution is 2.18. The molecular weight excluding hydrogens is 211 g/mol. The number of aliphatic carboxylic acids is 1. The molecule has 0 saturated carbocycles. The van der Waals surface area contributed by atoms with Crippen molar-refractivity contribution >= 4 is 5.97 Å². The maximum atomic E-state index is 12.9. The Labute approximate surface area is 90.7 Å². The van der Waals surface area contributed by atoms with Gasteiger partial charge in [0.2, 0.25) is 0 Å². The summed E-state index contributed by atoms with van der Waals surface area (Å²) in [4.78, 5) is 10.5. The number of nitrogens with zero attached hydrogens (tertiary/aromatic N) is 1. The number of aromatic amines is 1. The molecule has 0 bridgehead atoms. The molecule has 0 aliphatic heterocycles. The standard InChI is InChI=1S/C11H9FN2O2/c12-8-3-1-2-7(4-8)10-5-9(13-14-10)6-11(15)16/h1-5H,6H2,(H,13,14)(H,15,16). The first-order valence-electron chi connectivity index (χ1n) is 4.67. The lowest BCUT2D eigenvalue weighted by Gasteiger charge is -1.94. The summed E-state index contributed by atoms with van der Waals surface area (Å²) in [7, 11) is 0. The quantitative estimate of drug-likeness (QED) is 0.829. The highest BCUT2D eigenvalue weighted by molar-refractivity contribution is 5.70. The second-order valence-electron chi connectivity index (χ2n) is 3.36. The zero-order chi connectivity index (χ0) is 11.5. The minimum Gasteiger partial charge on any atom is -0.481 e. The lowest BCUT2D eigenvalue weighted by atomic mass is 10.1. The molecule has 1 heterocycles. The summed E-state index contributed by atoms with van der Waals surface area (Å²) in [5.74, 6) is -1.28. The summed E-state index contributed by atoms with van der Waals surface area (Å²) in [6, 6.07) is 7.58. The minimum absolute atomic E-state index is 0.123. The van der Waals surface area contributed by atoms with E-state index in [-0.39, 0.29) is 12.2 Å². The van der Waals surface area contributed by atoms with Gasteiger partial charge >= 0.3 is 5.97 Å². The number of halogens is 1. The van der Waals surface area contributed by atoms with Gasteiger partial charge in [-0.2, -0.15) is 5.10 Å². The molecule has 0 aliphatic carbocycles. The molecule has 16 heavy (non-hydrogen) atoms. The number of hydrogen-bond donors (Lipinski definition) is 2. The summed E-state index contributed by atoms with van der Waals surface area (Å²) in [6.45, 7) is 0. The monoisotopic (exact) mass is 220 g/mol. The fourth-order valence-corrected chi connectivity index (χ4v) is 1.41. The number of benzene rings is 1. The van der Waals surface area contributed by atoms with Gasteiger partial charge in [-0.15, -0.1) is 0 Å². The van der Waals surface area contributed by atoms with Crippen LogP contribution in [0.5, 0.6) is 0 Å². The number of aromatic nitrogens is 2. The molecular formula is C11H9FN2O2.